The molecule has 3 rings (SSSR count). The molecule has 4 atom stereocenters. The SMILES string of the molecule is CCC(=O)CCCCC1CCC2CC3(CO3)C12. The van der Waals surface area contributed by atoms with Crippen LogP contribution in [0.2, 0.25) is 0 Å². The van der Waals surface area contributed by atoms with Gasteiger partial charge in [-0.15, -0.1) is 0 Å². The van der Waals surface area contributed by atoms with Crippen molar-refractivity contribution in [2.45, 2.75) is 63.9 Å². The van der Waals surface area contributed by atoms with Crippen molar-refractivity contribution in [3.63, 3.8) is 0 Å². The number of carbonyl (C=O) groups is 1. The number of ether oxygens (including phenoxy) is 1. The molecule has 0 radical (unpaired) electrons. The zero-order valence-electron chi connectivity index (χ0n) is 10.9. The standard InChI is InChI=1S/C15H24O2/c1-2-13(16)6-4-3-5-11-7-8-12-9-15(10-17-15)14(11)12/h11-12,14H,2-10H2,1H3. The molecular weight excluding hydrogens is 212 g/mol. The average molecular weight is 236 g/mol. The van der Waals surface area contributed by atoms with Crippen molar-refractivity contribution in [2.24, 2.45) is 17.8 Å². The van der Waals surface area contributed by atoms with Crippen molar-refractivity contribution < 1.29 is 9.53 Å². The average Bonchev–Trinajstić information content (AvgIpc) is 3.05. The summed E-state index contributed by atoms with van der Waals surface area (Å²) in [6.45, 7) is 3.01. The van der Waals surface area contributed by atoms with Crippen molar-refractivity contribution in [3.05, 3.63) is 0 Å². The first-order chi connectivity index (χ1) is 8.25. The lowest BCUT2D eigenvalue weighted by Gasteiger charge is -2.41. The molecule has 0 aromatic rings. The summed E-state index contributed by atoms with van der Waals surface area (Å²) in [5, 5.41) is 0. The fraction of sp³-hybridized carbons (Fsp3) is 0.933. The first-order valence-corrected chi connectivity index (χ1v) is 7.41. The van der Waals surface area contributed by atoms with E-state index in [1.807, 2.05) is 6.92 Å². The fourth-order valence-corrected chi connectivity index (χ4v) is 4.31. The highest BCUT2D eigenvalue weighted by molar-refractivity contribution is 5.77. The Hall–Kier alpha value is -0.370. The molecule has 0 aromatic heterocycles. The molecule has 17 heavy (non-hydrogen) atoms. The summed E-state index contributed by atoms with van der Waals surface area (Å²) in [4.78, 5) is 11.2. The molecule has 4 unspecified atom stereocenters. The van der Waals surface area contributed by atoms with Crippen LogP contribution in [0.15, 0.2) is 0 Å². The van der Waals surface area contributed by atoms with Crippen LogP contribution in [0.1, 0.15) is 58.3 Å². The molecule has 1 aliphatic heterocycles. The summed E-state index contributed by atoms with van der Waals surface area (Å²) in [5.41, 5.74) is 0.366. The third kappa shape index (κ3) is 2.05. The van der Waals surface area contributed by atoms with Gasteiger partial charge in [0.1, 0.15) is 5.78 Å². The van der Waals surface area contributed by atoms with Gasteiger partial charge in [-0.1, -0.05) is 19.8 Å². The lowest BCUT2D eigenvalue weighted by molar-refractivity contribution is -0.118. The van der Waals surface area contributed by atoms with Gasteiger partial charge in [-0.05, 0) is 43.4 Å². The van der Waals surface area contributed by atoms with E-state index in [4.69, 9.17) is 4.74 Å². The molecule has 2 heteroatoms. The van der Waals surface area contributed by atoms with Crippen LogP contribution < -0.4 is 0 Å². The highest BCUT2D eigenvalue weighted by Crippen LogP contribution is 2.64. The summed E-state index contributed by atoms with van der Waals surface area (Å²) in [6.07, 6.45) is 9.41. The Morgan fingerprint density at radius 3 is 2.88 bits per heavy atom. The van der Waals surface area contributed by atoms with E-state index >= 15 is 0 Å². The van der Waals surface area contributed by atoms with Crippen LogP contribution in [0.5, 0.6) is 0 Å². The predicted molar refractivity (Wildman–Crippen MR) is 66.8 cm³/mol. The number of unbranched alkanes of at least 4 members (excludes halogenated alkanes) is 1. The third-order valence-corrected chi connectivity index (χ3v) is 5.33. The summed E-state index contributed by atoms with van der Waals surface area (Å²) < 4.78 is 5.68. The minimum atomic E-state index is 0.366. The second kappa shape index (κ2) is 4.38. The van der Waals surface area contributed by atoms with Gasteiger partial charge in [0.05, 0.1) is 12.2 Å². The van der Waals surface area contributed by atoms with Crippen molar-refractivity contribution in [1.82, 2.24) is 0 Å². The third-order valence-electron chi connectivity index (χ3n) is 5.33. The van der Waals surface area contributed by atoms with Crippen LogP contribution >= 0.6 is 0 Å². The Morgan fingerprint density at radius 1 is 1.35 bits per heavy atom. The largest absolute Gasteiger partial charge is 0.369 e. The zero-order valence-corrected chi connectivity index (χ0v) is 10.9. The molecule has 2 aliphatic carbocycles. The number of hydrogen-bond donors (Lipinski definition) is 0. The van der Waals surface area contributed by atoms with E-state index in [1.165, 1.54) is 32.1 Å². The molecule has 0 amide bonds. The topological polar surface area (TPSA) is 29.6 Å². The second-order valence-corrected chi connectivity index (χ2v) is 6.32. The van der Waals surface area contributed by atoms with Gasteiger partial charge in [-0.3, -0.25) is 4.79 Å². The van der Waals surface area contributed by atoms with Crippen LogP contribution in [0, 0.1) is 17.8 Å². The Bertz CT molecular complexity index is 306. The van der Waals surface area contributed by atoms with E-state index in [-0.39, 0.29) is 0 Å². The molecule has 3 fully saturated rings. The predicted octanol–water partition coefficient (Wildman–Crippen LogP) is 3.34. The lowest BCUT2D eigenvalue weighted by atomic mass is 9.63. The second-order valence-electron chi connectivity index (χ2n) is 6.32. The Labute approximate surface area is 104 Å². The molecule has 0 N–H and O–H groups in total. The van der Waals surface area contributed by atoms with Gasteiger partial charge in [-0.2, -0.15) is 0 Å². The van der Waals surface area contributed by atoms with Crippen molar-refractivity contribution in [1.29, 1.82) is 0 Å². The molecule has 0 bridgehead atoms. The van der Waals surface area contributed by atoms with Gasteiger partial charge in [0.25, 0.3) is 0 Å². The number of rotatable bonds is 6. The quantitative estimate of drug-likeness (QED) is 0.523. The molecule has 2 saturated carbocycles. The van der Waals surface area contributed by atoms with Crippen LogP contribution in [0.3, 0.4) is 0 Å². The Morgan fingerprint density at radius 2 is 2.18 bits per heavy atom. The molecule has 0 aromatic carbocycles. The van der Waals surface area contributed by atoms with Crippen LogP contribution in [0.4, 0.5) is 0 Å². The molecule has 1 heterocycles. The first kappa shape index (κ1) is 11.7. The number of ketones is 1. The van der Waals surface area contributed by atoms with Gasteiger partial charge < -0.3 is 4.74 Å². The maximum absolute atomic E-state index is 11.2. The maximum Gasteiger partial charge on any atom is 0.132 e. The van der Waals surface area contributed by atoms with Gasteiger partial charge in [0, 0.05) is 12.8 Å². The Kier molecular flexibility index (Phi) is 3.02. The van der Waals surface area contributed by atoms with E-state index in [0.717, 1.165) is 37.2 Å². The molecule has 2 nitrogen and oxygen atoms in total. The lowest BCUT2D eigenvalue weighted by Crippen LogP contribution is -2.44. The Balaban J connectivity index is 1.39. The highest BCUT2D eigenvalue weighted by atomic mass is 16.6. The molecule has 1 spiro atoms. The van der Waals surface area contributed by atoms with Crippen LogP contribution in [0.25, 0.3) is 0 Å². The molecule has 1 saturated heterocycles. The summed E-state index contributed by atoms with van der Waals surface area (Å²) in [7, 11) is 0. The van der Waals surface area contributed by atoms with Gasteiger partial charge in [0.2, 0.25) is 0 Å². The zero-order chi connectivity index (χ0) is 11.9. The van der Waals surface area contributed by atoms with Crippen LogP contribution in [-0.4, -0.2) is 18.0 Å². The van der Waals surface area contributed by atoms with Gasteiger partial charge in [-0.25, -0.2) is 0 Å². The molecular formula is C15H24O2. The van der Waals surface area contributed by atoms with Crippen molar-refractivity contribution >= 4 is 5.78 Å². The smallest absolute Gasteiger partial charge is 0.132 e. The molecule has 3 aliphatic rings. The summed E-state index contributed by atoms with van der Waals surface area (Å²) >= 11 is 0. The first-order valence-electron chi connectivity index (χ1n) is 7.41. The van der Waals surface area contributed by atoms with E-state index < -0.39 is 0 Å². The van der Waals surface area contributed by atoms with E-state index in [1.54, 1.807) is 0 Å². The number of hydrogen-bond acceptors (Lipinski definition) is 2. The summed E-state index contributed by atoms with van der Waals surface area (Å²) in [6, 6.07) is 0. The normalized spacial score (nSPS) is 42.3. The highest BCUT2D eigenvalue weighted by Gasteiger charge is 2.66. The van der Waals surface area contributed by atoms with Gasteiger partial charge >= 0.3 is 0 Å². The number of Topliss-reactive ketones (excluding diaryl/α,β-unsaturated/α-hetero) is 1. The minimum absolute atomic E-state index is 0.366. The fourth-order valence-electron chi connectivity index (χ4n) is 4.31. The number of fused-ring (bicyclic) bond motifs is 2. The van der Waals surface area contributed by atoms with Crippen molar-refractivity contribution in [3.8, 4) is 0 Å². The summed E-state index contributed by atoms with van der Waals surface area (Å²) in [5.74, 6) is 3.22. The maximum atomic E-state index is 11.2. The van der Waals surface area contributed by atoms with Gasteiger partial charge in [0.15, 0.2) is 0 Å². The monoisotopic (exact) mass is 236 g/mol. The molecule has 96 valence electrons. The number of carbonyl (C=O) groups excluding carboxylic acids is 1. The van der Waals surface area contributed by atoms with E-state index in [0.29, 0.717) is 17.8 Å². The minimum Gasteiger partial charge on any atom is -0.369 e. The van der Waals surface area contributed by atoms with Crippen molar-refractivity contribution in [2.75, 3.05) is 6.61 Å². The number of epoxide rings is 1. The van der Waals surface area contributed by atoms with Crippen LogP contribution in [-0.2, 0) is 9.53 Å². The van der Waals surface area contributed by atoms with E-state index in [9.17, 15) is 4.79 Å². The van der Waals surface area contributed by atoms with E-state index in [2.05, 4.69) is 0 Å².